The number of aliphatic hydroxyl groups is 1. The highest BCUT2D eigenvalue weighted by atomic mass is 16.5. The predicted octanol–water partition coefficient (Wildman–Crippen LogP) is 0.785. The van der Waals surface area contributed by atoms with Crippen LogP contribution in [0.5, 0.6) is 0 Å². The quantitative estimate of drug-likeness (QED) is 0.754. The van der Waals surface area contributed by atoms with Crippen molar-refractivity contribution in [2.45, 2.75) is 44.8 Å². The zero-order valence-corrected chi connectivity index (χ0v) is 9.61. The van der Waals surface area contributed by atoms with E-state index in [-0.39, 0.29) is 24.7 Å². The number of carbonyl (C=O) groups excluding carboxylic acids is 1. The second-order valence-corrected chi connectivity index (χ2v) is 4.15. The number of likely N-dealkylation sites (N-methyl/N-ethyl adjacent to an activating group) is 1. The Hall–Kier alpha value is -0.610. The van der Waals surface area contributed by atoms with Gasteiger partial charge in [0, 0.05) is 13.6 Å². The van der Waals surface area contributed by atoms with Crippen LogP contribution in [0, 0.1) is 0 Å². The maximum Gasteiger partial charge on any atom is 0.248 e. The summed E-state index contributed by atoms with van der Waals surface area (Å²) in [5, 5.41) is 9.30. The summed E-state index contributed by atoms with van der Waals surface area (Å²) in [5.41, 5.74) is 0. The van der Waals surface area contributed by atoms with Crippen molar-refractivity contribution in [1.29, 1.82) is 0 Å². The summed E-state index contributed by atoms with van der Waals surface area (Å²) in [6.07, 6.45) is 3.31. The lowest BCUT2D eigenvalue weighted by Gasteiger charge is -2.26. The molecule has 1 aliphatic rings. The Morgan fingerprint density at radius 1 is 1.40 bits per heavy atom. The molecule has 0 bridgehead atoms. The van der Waals surface area contributed by atoms with E-state index in [0.717, 1.165) is 25.7 Å². The molecular formula is C11H21NO3. The minimum absolute atomic E-state index is 0.0311. The lowest BCUT2D eigenvalue weighted by molar-refractivity contribution is -0.137. The van der Waals surface area contributed by atoms with Gasteiger partial charge in [-0.1, -0.05) is 0 Å². The molecule has 4 heteroatoms. The first-order valence-electron chi connectivity index (χ1n) is 5.67. The van der Waals surface area contributed by atoms with Crippen LogP contribution in [0.4, 0.5) is 0 Å². The van der Waals surface area contributed by atoms with Crippen molar-refractivity contribution in [3.8, 4) is 0 Å². The molecule has 0 unspecified atom stereocenters. The maximum atomic E-state index is 11.4. The van der Waals surface area contributed by atoms with Gasteiger partial charge in [0.1, 0.15) is 6.61 Å². The Morgan fingerprint density at radius 3 is 2.53 bits per heavy atom. The van der Waals surface area contributed by atoms with Gasteiger partial charge in [0.2, 0.25) is 5.91 Å². The number of hydrogen-bond donors (Lipinski definition) is 1. The SMILES string of the molecule is CCN(C)C(=O)COC1CCC(O)CC1. The third kappa shape index (κ3) is 4.18. The van der Waals surface area contributed by atoms with Crippen molar-refractivity contribution in [3.63, 3.8) is 0 Å². The van der Waals surface area contributed by atoms with Gasteiger partial charge in [0.05, 0.1) is 12.2 Å². The molecule has 0 aromatic rings. The summed E-state index contributed by atoms with van der Waals surface area (Å²) in [5.74, 6) is 0.0311. The first-order valence-corrected chi connectivity index (χ1v) is 5.67. The molecule has 0 aliphatic heterocycles. The Kier molecular flexibility index (Phi) is 5.05. The molecule has 0 spiro atoms. The fourth-order valence-corrected chi connectivity index (χ4v) is 1.69. The van der Waals surface area contributed by atoms with Gasteiger partial charge in [-0.25, -0.2) is 0 Å². The lowest BCUT2D eigenvalue weighted by Crippen LogP contribution is -2.33. The van der Waals surface area contributed by atoms with Crippen molar-refractivity contribution in [2.24, 2.45) is 0 Å². The monoisotopic (exact) mass is 215 g/mol. The van der Waals surface area contributed by atoms with E-state index < -0.39 is 0 Å². The third-order valence-corrected chi connectivity index (χ3v) is 2.99. The molecule has 15 heavy (non-hydrogen) atoms. The van der Waals surface area contributed by atoms with Crippen LogP contribution in [-0.4, -0.2) is 48.3 Å². The highest BCUT2D eigenvalue weighted by Gasteiger charge is 2.20. The summed E-state index contributed by atoms with van der Waals surface area (Å²) in [7, 11) is 1.77. The second-order valence-electron chi connectivity index (χ2n) is 4.15. The van der Waals surface area contributed by atoms with E-state index in [1.165, 1.54) is 0 Å². The molecule has 1 aliphatic carbocycles. The zero-order valence-electron chi connectivity index (χ0n) is 9.61. The molecule has 0 aromatic carbocycles. The van der Waals surface area contributed by atoms with Crippen LogP contribution in [0.1, 0.15) is 32.6 Å². The molecule has 4 nitrogen and oxygen atoms in total. The highest BCUT2D eigenvalue weighted by molar-refractivity contribution is 5.77. The van der Waals surface area contributed by atoms with Crippen LogP contribution >= 0.6 is 0 Å². The van der Waals surface area contributed by atoms with E-state index in [0.29, 0.717) is 6.54 Å². The van der Waals surface area contributed by atoms with Gasteiger partial charge < -0.3 is 14.7 Å². The van der Waals surface area contributed by atoms with Gasteiger partial charge >= 0.3 is 0 Å². The van der Waals surface area contributed by atoms with Gasteiger partial charge in [0.15, 0.2) is 0 Å². The van der Waals surface area contributed by atoms with E-state index in [1.54, 1.807) is 11.9 Å². The normalized spacial score (nSPS) is 26.3. The summed E-state index contributed by atoms with van der Waals surface area (Å²) in [6.45, 7) is 2.82. The van der Waals surface area contributed by atoms with Gasteiger partial charge in [-0.15, -0.1) is 0 Å². The van der Waals surface area contributed by atoms with Crippen LogP contribution in [0.2, 0.25) is 0 Å². The van der Waals surface area contributed by atoms with Gasteiger partial charge in [-0.3, -0.25) is 4.79 Å². The largest absolute Gasteiger partial charge is 0.393 e. The minimum Gasteiger partial charge on any atom is -0.393 e. The van der Waals surface area contributed by atoms with Crippen molar-refractivity contribution in [2.75, 3.05) is 20.2 Å². The molecule has 0 atom stereocenters. The molecule has 1 amide bonds. The first kappa shape index (κ1) is 12.5. The number of nitrogens with zero attached hydrogens (tertiary/aromatic N) is 1. The van der Waals surface area contributed by atoms with Crippen molar-refractivity contribution < 1.29 is 14.6 Å². The lowest BCUT2D eigenvalue weighted by atomic mass is 9.95. The molecular weight excluding hydrogens is 194 g/mol. The minimum atomic E-state index is -0.168. The molecule has 0 radical (unpaired) electrons. The summed E-state index contributed by atoms with van der Waals surface area (Å²) >= 11 is 0. The summed E-state index contributed by atoms with van der Waals surface area (Å²) < 4.78 is 5.51. The number of amides is 1. The zero-order chi connectivity index (χ0) is 11.3. The number of hydrogen-bond acceptors (Lipinski definition) is 3. The van der Waals surface area contributed by atoms with Crippen LogP contribution in [0.3, 0.4) is 0 Å². The van der Waals surface area contributed by atoms with Crippen LogP contribution in [0.25, 0.3) is 0 Å². The molecule has 1 rings (SSSR count). The third-order valence-electron chi connectivity index (χ3n) is 2.99. The van der Waals surface area contributed by atoms with Crippen molar-refractivity contribution >= 4 is 5.91 Å². The molecule has 0 saturated heterocycles. The average Bonchev–Trinajstić information content (AvgIpc) is 2.26. The topological polar surface area (TPSA) is 49.8 Å². The summed E-state index contributed by atoms with van der Waals surface area (Å²) in [6, 6.07) is 0. The average molecular weight is 215 g/mol. The number of carbonyl (C=O) groups is 1. The Morgan fingerprint density at radius 2 is 2.00 bits per heavy atom. The van der Waals surface area contributed by atoms with Gasteiger partial charge in [-0.2, -0.15) is 0 Å². The van der Waals surface area contributed by atoms with Crippen LogP contribution in [0.15, 0.2) is 0 Å². The van der Waals surface area contributed by atoms with Gasteiger partial charge in [-0.05, 0) is 32.6 Å². The summed E-state index contributed by atoms with van der Waals surface area (Å²) in [4.78, 5) is 13.1. The van der Waals surface area contributed by atoms with Gasteiger partial charge in [0.25, 0.3) is 0 Å². The van der Waals surface area contributed by atoms with E-state index in [4.69, 9.17) is 4.74 Å². The fraction of sp³-hybridized carbons (Fsp3) is 0.909. The van der Waals surface area contributed by atoms with E-state index in [2.05, 4.69) is 0 Å². The van der Waals surface area contributed by atoms with Crippen molar-refractivity contribution in [3.05, 3.63) is 0 Å². The molecule has 0 aromatic heterocycles. The predicted molar refractivity (Wildman–Crippen MR) is 57.5 cm³/mol. The Bertz CT molecular complexity index is 200. The smallest absolute Gasteiger partial charge is 0.248 e. The molecule has 1 fully saturated rings. The number of ether oxygens (including phenoxy) is 1. The van der Waals surface area contributed by atoms with E-state index in [1.807, 2.05) is 6.92 Å². The second kappa shape index (κ2) is 6.08. The highest BCUT2D eigenvalue weighted by Crippen LogP contribution is 2.20. The molecule has 88 valence electrons. The van der Waals surface area contributed by atoms with Crippen molar-refractivity contribution in [1.82, 2.24) is 4.90 Å². The number of aliphatic hydroxyl groups excluding tert-OH is 1. The molecule has 1 N–H and O–H groups in total. The van der Waals surface area contributed by atoms with E-state index >= 15 is 0 Å². The van der Waals surface area contributed by atoms with E-state index in [9.17, 15) is 9.90 Å². The molecule has 1 saturated carbocycles. The standard InChI is InChI=1S/C11H21NO3/c1-3-12(2)11(14)8-15-10-6-4-9(13)5-7-10/h9-10,13H,3-8H2,1-2H3. The number of rotatable bonds is 4. The van der Waals surface area contributed by atoms with Crippen LogP contribution in [-0.2, 0) is 9.53 Å². The Balaban J connectivity index is 2.17. The fourth-order valence-electron chi connectivity index (χ4n) is 1.69. The molecule has 0 heterocycles. The Labute approximate surface area is 91.2 Å². The van der Waals surface area contributed by atoms with Crippen LogP contribution < -0.4 is 0 Å². The maximum absolute atomic E-state index is 11.4. The first-order chi connectivity index (χ1) is 7.13.